The summed E-state index contributed by atoms with van der Waals surface area (Å²) in [4.78, 5) is 24.1. The van der Waals surface area contributed by atoms with Gasteiger partial charge in [0.15, 0.2) is 0 Å². The molecule has 6 heteroatoms. The smallest absolute Gasteiger partial charge is 0.257 e. The average Bonchev–Trinajstić information content (AvgIpc) is 2.88. The standard InChI is InChI=1S/C17H12F2N2O2/c1-10(22)21-9-15(14-8-12(19)4-7-16(14)21)17(23)20-13-5-2-11(18)3-6-13/h2-9H,1H3,(H,20,23). The van der Waals surface area contributed by atoms with E-state index in [0.29, 0.717) is 16.6 Å². The highest BCUT2D eigenvalue weighted by Gasteiger charge is 2.17. The molecule has 0 fully saturated rings. The SMILES string of the molecule is CC(=O)n1cc(C(=O)Nc2ccc(F)cc2)c2cc(F)ccc21. The van der Waals surface area contributed by atoms with E-state index in [-0.39, 0.29) is 11.5 Å². The van der Waals surface area contributed by atoms with Gasteiger partial charge in [0.1, 0.15) is 11.6 Å². The van der Waals surface area contributed by atoms with Crippen LogP contribution in [-0.2, 0) is 0 Å². The minimum atomic E-state index is -0.507. The molecule has 1 heterocycles. The third-order valence-corrected chi connectivity index (χ3v) is 3.45. The average molecular weight is 314 g/mol. The summed E-state index contributed by atoms with van der Waals surface area (Å²) in [5, 5.41) is 2.93. The number of carbonyl (C=O) groups is 2. The number of hydrogen-bond acceptors (Lipinski definition) is 2. The number of nitrogens with zero attached hydrogens (tertiary/aromatic N) is 1. The largest absolute Gasteiger partial charge is 0.322 e. The van der Waals surface area contributed by atoms with Crippen LogP contribution in [0.5, 0.6) is 0 Å². The van der Waals surface area contributed by atoms with E-state index in [9.17, 15) is 18.4 Å². The number of fused-ring (bicyclic) bond motifs is 1. The Morgan fingerprint density at radius 3 is 2.30 bits per heavy atom. The lowest BCUT2D eigenvalue weighted by Gasteiger charge is -2.04. The van der Waals surface area contributed by atoms with Crippen molar-refractivity contribution in [3.8, 4) is 0 Å². The highest BCUT2D eigenvalue weighted by Crippen LogP contribution is 2.24. The van der Waals surface area contributed by atoms with E-state index in [1.807, 2.05) is 0 Å². The van der Waals surface area contributed by atoms with Gasteiger partial charge in [-0.25, -0.2) is 8.78 Å². The monoisotopic (exact) mass is 314 g/mol. The lowest BCUT2D eigenvalue weighted by Crippen LogP contribution is -2.12. The summed E-state index contributed by atoms with van der Waals surface area (Å²) >= 11 is 0. The normalized spacial score (nSPS) is 10.7. The van der Waals surface area contributed by atoms with Crippen molar-refractivity contribution >= 4 is 28.4 Å². The van der Waals surface area contributed by atoms with Gasteiger partial charge < -0.3 is 5.32 Å². The lowest BCUT2D eigenvalue weighted by atomic mass is 10.1. The van der Waals surface area contributed by atoms with Crippen molar-refractivity contribution in [2.75, 3.05) is 5.32 Å². The molecule has 3 rings (SSSR count). The number of anilines is 1. The molecule has 0 spiro atoms. The maximum Gasteiger partial charge on any atom is 0.257 e. The predicted molar refractivity (Wildman–Crippen MR) is 82.5 cm³/mol. The van der Waals surface area contributed by atoms with Gasteiger partial charge in [-0.3, -0.25) is 14.2 Å². The molecule has 1 aromatic heterocycles. The zero-order chi connectivity index (χ0) is 16.6. The van der Waals surface area contributed by atoms with E-state index < -0.39 is 17.5 Å². The number of benzene rings is 2. The summed E-state index contributed by atoms with van der Waals surface area (Å²) in [6.07, 6.45) is 1.37. The summed E-state index contributed by atoms with van der Waals surface area (Å²) in [6, 6.07) is 9.14. The topological polar surface area (TPSA) is 51.1 Å². The minimum Gasteiger partial charge on any atom is -0.322 e. The van der Waals surface area contributed by atoms with Crippen LogP contribution >= 0.6 is 0 Å². The third kappa shape index (κ3) is 2.83. The number of rotatable bonds is 2. The maximum atomic E-state index is 13.5. The number of amides is 1. The predicted octanol–water partition coefficient (Wildman–Crippen LogP) is 3.83. The third-order valence-electron chi connectivity index (χ3n) is 3.45. The van der Waals surface area contributed by atoms with Crippen LogP contribution < -0.4 is 5.32 Å². The second-order valence-corrected chi connectivity index (χ2v) is 5.05. The second kappa shape index (κ2) is 5.64. The molecule has 0 saturated carbocycles. The lowest BCUT2D eigenvalue weighted by molar-refractivity contribution is 0.0941. The van der Waals surface area contributed by atoms with Crippen molar-refractivity contribution in [2.45, 2.75) is 6.92 Å². The van der Waals surface area contributed by atoms with Gasteiger partial charge in [-0.1, -0.05) is 0 Å². The first-order valence-electron chi connectivity index (χ1n) is 6.84. The molecular formula is C17H12F2N2O2. The van der Waals surface area contributed by atoms with Crippen LogP contribution in [0.3, 0.4) is 0 Å². The number of nitrogens with one attached hydrogen (secondary N) is 1. The molecule has 1 amide bonds. The molecule has 2 aromatic carbocycles. The summed E-state index contributed by atoms with van der Waals surface area (Å²) < 4.78 is 27.7. The van der Waals surface area contributed by atoms with Gasteiger partial charge in [0.05, 0.1) is 11.1 Å². The molecular weight excluding hydrogens is 302 g/mol. The number of aromatic nitrogens is 1. The molecule has 0 aliphatic carbocycles. The van der Waals surface area contributed by atoms with Gasteiger partial charge in [-0.05, 0) is 42.5 Å². The van der Waals surface area contributed by atoms with Crippen molar-refractivity contribution in [1.82, 2.24) is 4.57 Å². The summed E-state index contributed by atoms with van der Waals surface area (Å²) in [6.45, 7) is 1.35. The maximum absolute atomic E-state index is 13.5. The quantitative estimate of drug-likeness (QED) is 0.781. The fraction of sp³-hybridized carbons (Fsp3) is 0.0588. The fourth-order valence-electron chi connectivity index (χ4n) is 2.38. The Labute approximate surface area is 130 Å². The fourth-order valence-corrected chi connectivity index (χ4v) is 2.38. The van der Waals surface area contributed by atoms with Crippen molar-refractivity contribution in [3.63, 3.8) is 0 Å². The molecule has 0 bridgehead atoms. The van der Waals surface area contributed by atoms with E-state index in [4.69, 9.17) is 0 Å². The molecule has 0 saturated heterocycles. The van der Waals surface area contributed by atoms with Gasteiger partial charge >= 0.3 is 0 Å². The molecule has 23 heavy (non-hydrogen) atoms. The Balaban J connectivity index is 2.04. The van der Waals surface area contributed by atoms with Gasteiger partial charge in [0.25, 0.3) is 5.91 Å². The first-order chi connectivity index (χ1) is 11.0. The Morgan fingerprint density at radius 1 is 1.00 bits per heavy atom. The molecule has 0 aliphatic heterocycles. The zero-order valence-electron chi connectivity index (χ0n) is 12.1. The van der Waals surface area contributed by atoms with Gasteiger partial charge in [0.2, 0.25) is 5.91 Å². The molecule has 0 unspecified atom stereocenters. The number of hydrogen-bond donors (Lipinski definition) is 1. The van der Waals surface area contributed by atoms with E-state index in [1.54, 1.807) is 0 Å². The molecule has 0 atom stereocenters. The first-order valence-corrected chi connectivity index (χ1v) is 6.84. The van der Waals surface area contributed by atoms with Crippen LogP contribution in [0.1, 0.15) is 22.1 Å². The van der Waals surface area contributed by atoms with Crippen molar-refractivity contribution < 1.29 is 18.4 Å². The van der Waals surface area contributed by atoms with Gasteiger partial charge in [-0.2, -0.15) is 0 Å². The van der Waals surface area contributed by atoms with Gasteiger partial charge in [-0.15, -0.1) is 0 Å². The number of carbonyl (C=O) groups excluding carboxylic acids is 2. The molecule has 3 aromatic rings. The second-order valence-electron chi connectivity index (χ2n) is 5.05. The van der Waals surface area contributed by atoms with Crippen molar-refractivity contribution in [1.29, 1.82) is 0 Å². The first kappa shape index (κ1) is 14.9. The summed E-state index contributed by atoms with van der Waals surface area (Å²) in [5.74, 6) is -1.72. The van der Waals surface area contributed by atoms with E-state index >= 15 is 0 Å². The summed E-state index contributed by atoms with van der Waals surface area (Å²) in [7, 11) is 0. The Kier molecular flexibility index (Phi) is 3.65. The molecule has 0 aliphatic rings. The molecule has 116 valence electrons. The highest BCUT2D eigenvalue weighted by molar-refractivity contribution is 6.14. The van der Waals surface area contributed by atoms with Crippen LogP contribution in [-0.4, -0.2) is 16.4 Å². The van der Waals surface area contributed by atoms with Crippen LogP contribution in [0, 0.1) is 11.6 Å². The van der Waals surface area contributed by atoms with E-state index in [1.165, 1.54) is 60.2 Å². The Morgan fingerprint density at radius 2 is 1.65 bits per heavy atom. The van der Waals surface area contributed by atoms with Crippen molar-refractivity contribution in [2.24, 2.45) is 0 Å². The zero-order valence-corrected chi connectivity index (χ0v) is 12.1. The van der Waals surface area contributed by atoms with E-state index in [0.717, 1.165) is 0 Å². The Hall–Kier alpha value is -3.02. The van der Waals surface area contributed by atoms with Crippen LogP contribution in [0.15, 0.2) is 48.7 Å². The minimum absolute atomic E-state index is 0.166. The van der Waals surface area contributed by atoms with Gasteiger partial charge in [0, 0.05) is 24.2 Å². The molecule has 1 N–H and O–H groups in total. The Bertz CT molecular complexity index is 914. The molecule has 4 nitrogen and oxygen atoms in total. The summed E-state index contributed by atoms with van der Waals surface area (Å²) in [5.41, 5.74) is 1.01. The molecule has 0 radical (unpaired) electrons. The van der Waals surface area contributed by atoms with Crippen LogP contribution in [0.4, 0.5) is 14.5 Å². The van der Waals surface area contributed by atoms with Crippen molar-refractivity contribution in [3.05, 3.63) is 65.9 Å². The van der Waals surface area contributed by atoms with E-state index in [2.05, 4.69) is 5.32 Å². The number of halogens is 2. The van der Waals surface area contributed by atoms with Crippen LogP contribution in [0.25, 0.3) is 10.9 Å². The highest BCUT2D eigenvalue weighted by atomic mass is 19.1. The van der Waals surface area contributed by atoms with Crippen LogP contribution in [0.2, 0.25) is 0 Å².